The van der Waals surface area contributed by atoms with E-state index in [4.69, 9.17) is 0 Å². The van der Waals surface area contributed by atoms with Crippen molar-refractivity contribution in [3.8, 4) is 11.3 Å². The number of pyridine rings is 1. The molecule has 3 aromatic heterocycles. The molecule has 1 amide bonds. The highest BCUT2D eigenvalue weighted by atomic mass is 32.1. The van der Waals surface area contributed by atoms with Crippen LogP contribution in [0, 0.1) is 13.8 Å². The minimum atomic E-state index is -2.78. The van der Waals surface area contributed by atoms with Crippen LogP contribution in [0.3, 0.4) is 0 Å². The van der Waals surface area contributed by atoms with Gasteiger partial charge >= 0.3 is 0 Å². The largest absolute Gasteiger partial charge is 0.298 e. The van der Waals surface area contributed by atoms with Crippen LogP contribution < -0.4 is 5.32 Å². The third-order valence-electron chi connectivity index (χ3n) is 4.27. The highest BCUT2D eigenvalue weighted by Crippen LogP contribution is 2.28. The quantitative estimate of drug-likeness (QED) is 0.542. The van der Waals surface area contributed by atoms with E-state index >= 15 is 0 Å². The number of fused-ring (bicyclic) bond motifs is 1. The third-order valence-corrected chi connectivity index (χ3v) is 5.03. The lowest BCUT2D eigenvalue weighted by molar-refractivity contribution is 0.102. The summed E-state index contributed by atoms with van der Waals surface area (Å²) in [7, 11) is 0. The standard InChI is InChI=1S/C19H15F2N5OS/c1-10-3-5-13(11(2)7-10)14-9-28-19(22-14)23-18(27)12-4-6-15-24-25-17(16(20)21)26(15)8-12/h3-9,16H,1-2H3,(H,22,23,27). The summed E-state index contributed by atoms with van der Waals surface area (Å²) in [6, 6.07) is 9.05. The summed E-state index contributed by atoms with van der Waals surface area (Å²) in [5, 5.41) is 12.1. The second-order valence-electron chi connectivity index (χ2n) is 6.32. The Balaban J connectivity index is 1.58. The maximum absolute atomic E-state index is 13.0. The van der Waals surface area contributed by atoms with Crippen LogP contribution in [-0.2, 0) is 0 Å². The lowest BCUT2D eigenvalue weighted by Crippen LogP contribution is -2.12. The van der Waals surface area contributed by atoms with Crippen molar-refractivity contribution in [3.05, 3.63) is 64.4 Å². The van der Waals surface area contributed by atoms with Crippen molar-refractivity contribution < 1.29 is 13.6 Å². The van der Waals surface area contributed by atoms with Gasteiger partial charge in [0.05, 0.1) is 11.3 Å². The normalized spacial score (nSPS) is 11.3. The monoisotopic (exact) mass is 399 g/mol. The van der Waals surface area contributed by atoms with Crippen LogP contribution in [0.5, 0.6) is 0 Å². The number of carbonyl (C=O) groups is 1. The highest BCUT2D eigenvalue weighted by Gasteiger charge is 2.18. The van der Waals surface area contributed by atoms with Crippen molar-refractivity contribution in [3.63, 3.8) is 0 Å². The molecule has 3 heterocycles. The second-order valence-corrected chi connectivity index (χ2v) is 7.17. The Hall–Kier alpha value is -3.20. The number of halogens is 2. The van der Waals surface area contributed by atoms with Crippen LogP contribution in [0.4, 0.5) is 13.9 Å². The molecular weight excluding hydrogens is 384 g/mol. The number of hydrogen-bond donors (Lipinski definition) is 1. The van der Waals surface area contributed by atoms with Gasteiger partial charge < -0.3 is 0 Å². The molecule has 0 aliphatic heterocycles. The van der Waals surface area contributed by atoms with Crippen molar-refractivity contribution >= 4 is 28.0 Å². The number of nitrogens with zero attached hydrogens (tertiary/aromatic N) is 4. The number of aromatic nitrogens is 4. The van der Waals surface area contributed by atoms with Gasteiger partial charge in [-0.2, -0.15) is 0 Å². The Morgan fingerprint density at radius 1 is 1.18 bits per heavy atom. The predicted molar refractivity (Wildman–Crippen MR) is 103 cm³/mol. The minimum absolute atomic E-state index is 0.206. The summed E-state index contributed by atoms with van der Waals surface area (Å²) in [5.74, 6) is -0.951. The molecule has 1 N–H and O–H groups in total. The number of carbonyl (C=O) groups excluding carboxylic acids is 1. The summed E-state index contributed by atoms with van der Waals surface area (Å²) in [4.78, 5) is 17.0. The molecule has 1 aromatic carbocycles. The van der Waals surface area contributed by atoms with Crippen LogP contribution in [0.15, 0.2) is 41.9 Å². The number of benzene rings is 1. The summed E-state index contributed by atoms with van der Waals surface area (Å²) >= 11 is 1.30. The SMILES string of the molecule is Cc1ccc(-c2csc(NC(=O)c3ccc4nnc(C(F)F)n4c3)n2)c(C)c1. The fourth-order valence-electron chi connectivity index (χ4n) is 2.92. The zero-order valence-electron chi connectivity index (χ0n) is 15.0. The van der Waals surface area contributed by atoms with E-state index in [2.05, 4.69) is 26.6 Å². The van der Waals surface area contributed by atoms with Gasteiger partial charge in [0, 0.05) is 17.1 Å². The zero-order chi connectivity index (χ0) is 19.8. The molecule has 0 fully saturated rings. The number of nitrogens with one attached hydrogen (secondary N) is 1. The van der Waals surface area contributed by atoms with E-state index in [1.54, 1.807) is 0 Å². The average molecular weight is 399 g/mol. The third kappa shape index (κ3) is 3.36. The molecule has 0 saturated heterocycles. The van der Waals surface area contributed by atoms with E-state index in [0.29, 0.717) is 5.13 Å². The van der Waals surface area contributed by atoms with E-state index in [1.807, 2.05) is 31.4 Å². The van der Waals surface area contributed by atoms with E-state index < -0.39 is 18.2 Å². The molecule has 0 spiro atoms. The molecule has 0 aliphatic carbocycles. The van der Waals surface area contributed by atoms with Crippen molar-refractivity contribution in [1.82, 2.24) is 19.6 Å². The second kappa shape index (κ2) is 7.08. The summed E-state index contributed by atoms with van der Waals surface area (Å²) in [6.45, 7) is 4.03. The Bertz CT molecular complexity index is 1180. The minimum Gasteiger partial charge on any atom is -0.298 e. The number of aryl methyl sites for hydroxylation is 2. The molecule has 0 atom stereocenters. The summed E-state index contributed by atoms with van der Waals surface area (Å²) in [6.07, 6.45) is -1.49. The summed E-state index contributed by atoms with van der Waals surface area (Å²) < 4.78 is 27.1. The first-order valence-electron chi connectivity index (χ1n) is 8.39. The van der Waals surface area contributed by atoms with Crippen molar-refractivity contribution in [2.75, 3.05) is 5.32 Å². The first-order chi connectivity index (χ1) is 13.4. The Morgan fingerprint density at radius 2 is 2.00 bits per heavy atom. The number of amides is 1. The first-order valence-corrected chi connectivity index (χ1v) is 9.27. The van der Waals surface area contributed by atoms with Gasteiger partial charge in [-0.05, 0) is 31.5 Å². The van der Waals surface area contributed by atoms with Crippen LogP contribution in [0.25, 0.3) is 16.9 Å². The van der Waals surface area contributed by atoms with E-state index in [1.165, 1.54) is 29.7 Å². The number of anilines is 1. The van der Waals surface area contributed by atoms with Crippen molar-refractivity contribution in [2.45, 2.75) is 20.3 Å². The van der Waals surface area contributed by atoms with E-state index in [0.717, 1.165) is 26.8 Å². The first kappa shape index (κ1) is 18.2. The topological polar surface area (TPSA) is 72.2 Å². The molecule has 6 nitrogen and oxygen atoms in total. The molecule has 0 unspecified atom stereocenters. The molecule has 0 radical (unpaired) electrons. The van der Waals surface area contributed by atoms with Gasteiger partial charge in [0.15, 0.2) is 10.8 Å². The zero-order valence-corrected chi connectivity index (χ0v) is 15.8. The smallest absolute Gasteiger partial charge is 0.297 e. The van der Waals surface area contributed by atoms with E-state index in [-0.39, 0.29) is 11.2 Å². The Morgan fingerprint density at radius 3 is 2.75 bits per heavy atom. The van der Waals surface area contributed by atoms with E-state index in [9.17, 15) is 13.6 Å². The van der Waals surface area contributed by atoms with Crippen molar-refractivity contribution in [1.29, 1.82) is 0 Å². The molecule has 9 heteroatoms. The Kier molecular flexibility index (Phi) is 4.60. The highest BCUT2D eigenvalue weighted by molar-refractivity contribution is 7.14. The van der Waals surface area contributed by atoms with Gasteiger partial charge in [-0.1, -0.05) is 23.8 Å². The van der Waals surface area contributed by atoms with Crippen LogP contribution in [-0.4, -0.2) is 25.5 Å². The van der Waals surface area contributed by atoms with Gasteiger partial charge in [0.25, 0.3) is 12.3 Å². The molecule has 28 heavy (non-hydrogen) atoms. The fourth-order valence-corrected chi connectivity index (χ4v) is 3.62. The number of thiazole rings is 1. The maximum Gasteiger partial charge on any atom is 0.297 e. The molecule has 0 saturated carbocycles. The van der Waals surface area contributed by atoms with Gasteiger partial charge in [0.2, 0.25) is 5.82 Å². The molecular formula is C19H15F2N5OS. The molecule has 0 aliphatic rings. The number of hydrogen-bond acceptors (Lipinski definition) is 5. The van der Waals surface area contributed by atoms with Crippen LogP contribution in [0.2, 0.25) is 0 Å². The molecule has 4 aromatic rings. The van der Waals surface area contributed by atoms with Gasteiger partial charge in [-0.3, -0.25) is 14.5 Å². The number of rotatable bonds is 4. The van der Waals surface area contributed by atoms with Crippen molar-refractivity contribution in [2.24, 2.45) is 0 Å². The van der Waals surface area contributed by atoms with Crippen LogP contribution in [0.1, 0.15) is 33.7 Å². The summed E-state index contributed by atoms with van der Waals surface area (Å²) in [5.41, 5.74) is 4.48. The lowest BCUT2D eigenvalue weighted by atomic mass is 10.0. The Labute approximate surface area is 162 Å². The predicted octanol–water partition coefficient (Wildman–Crippen LogP) is 4.66. The molecule has 142 valence electrons. The molecule has 4 rings (SSSR count). The fraction of sp³-hybridized carbons (Fsp3) is 0.158. The van der Waals surface area contributed by atoms with Gasteiger partial charge in [0.1, 0.15) is 0 Å². The maximum atomic E-state index is 13.0. The van der Waals surface area contributed by atoms with Crippen LogP contribution >= 0.6 is 11.3 Å². The lowest BCUT2D eigenvalue weighted by Gasteiger charge is -2.05. The van der Waals surface area contributed by atoms with Gasteiger partial charge in [-0.15, -0.1) is 21.5 Å². The molecule has 0 bridgehead atoms. The average Bonchev–Trinajstić information content (AvgIpc) is 3.28. The van der Waals surface area contributed by atoms with Gasteiger partial charge in [-0.25, -0.2) is 13.8 Å². The number of alkyl halides is 2.